The molecule has 0 aromatic heterocycles. The molecule has 1 atom stereocenters. The molecule has 0 bridgehead atoms. The molecular weight excluding hydrogens is 304 g/mol. The number of nitrogens with zero attached hydrogens (tertiary/aromatic N) is 1. The number of rotatable bonds is 7. The van der Waals surface area contributed by atoms with E-state index in [1.54, 1.807) is 0 Å². The predicted octanol–water partition coefficient (Wildman–Crippen LogP) is 3.36. The lowest BCUT2D eigenvalue weighted by Gasteiger charge is -2.20. The Kier molecular flexibility index (Phi) is 7.10. The molecule has 0 aliphatic heterocycles. The Hall–Kier alpha value is -0.870. The van der Waals surface area contributed by atoms with Crippen LogP contribution in [0.2, 0.25) is 0 Å². The third kappa shape index (κ3) is 5.33. The number of carbonyl (C=O) groups is 1. The highest BCUT2D eigenvalue weighted by Gasteiger charge is 2.10. The second-order valence-corrected chi connectivity index (χ2v) is 5.46. The van der Waals surface area contributed by atoms with Crippen molar-refractivity contribution in [2.45, 2.75) is 33.2 Å². The summed E-state index contributed by atoms with van der Waals surface area (Å²) >= 11 is 3.47. The van der Waals surface area contributed by atoms with Gasteiger partial charge in [0.05, 0.1) is 0 Å². The van der Waals surface area contributed by atoms with Crippen LogP contribution in [0.3, 0.4) is 0 Å². The fourth-order valence-corrected chi connectivity index (χ4v) is 2.44. The van der Waals surface area contributed by atoms with Gasteiger partial charge in [0.2, 0.25) is 5.91 Å². The minimum Gasteiger partial charge on any atom is -0.343 e. The molecule has 3 nitrogen and oxygen atoms in total. The summed E-state index contributed by atoms with van der Waals surface area (Å²) in [4.78, 5) is 13.7. The van der Waals surface area contributed by atoms with Crippen LogP contribution in [0.4, 0.5) is 0 Å². The Labute approximate surface area is 124 Å². The van der Waals surface area contributed by atoms with Gasteiger partial charge in [0, 0.05) is 36.6 Å². The van der Waals surface area contributed by atoms with E-state index in [1.165, 1.54) is 5.56 Å². The van der Waals surface area contributed by atoms with Crippen LogP contribution in [0.1, 0.15) is 38.8 Å². The highest BCUT2D eigenvalue weighted by atomic mass is 79.9. The van der Waals surface area contributed by atoms with Crippen molar-refractivity contribution < 1.29 is 4.79 Å². The zero-order valence-electron chi connectivity index (χ0n) is 11.9. The summed E-state index contributed by atoms with van der Waals surface area (Å²) < 4.78 is 1.08. The molecule has 0 aliphatic rings. The minimum absolute atomic E-state index is 0.221. The minimum atomic E-state index is 0.221. The SMILES string of the molecule is CCN(CC)C(=O)CCNC(C)c1cccc(Br)c1. The topological polar surface area (TPSA) is 32.3 Å². The first kappa shape index (κ1) is 16.2. The van der Waals surface area contributed by atoms with Gasteiger partial charge >= 0.3 is 0 Å². The fraction of sp³-hybridized carbons (Fsp3) is 0.533. The molecule has 0 heterocycles. The molecule has 0 fully saturated rings. The highest BCUT2D eigenvalue weighted by Crippen LogP contribution is 2.17. The van der Waals surface area contributed by atoms with Crippen molar-refractivity contribution in [3.63, 3.8) is 0 Å². The average Bonchev–Trinajstić information content (AvgIpc) is 2.40. The molecule has 19 heavy (non-hydrogen) atoms. The van der Waals surface area contributed by atoms with E-state index < -0.39 is 0 Å². The number of hydrogen-bond donors (Lipinski definition) is 1. The molecule has 106 valence electrons. The first-order valence-corrected chi connectivity index (χ1v) is 7.64. The van der Waals surface area contributed by atoms with Gasteiger partial charge in [-0.05, 0) is 38.5 Å². The molecule has 0 spiro atoms. The van der Waals surface area contributed by atoms with E-state index in [4.69, 9.17) is 0 Å². The Bertz CT molecular complexity index is 405. The van der Waals surface area contributed by atoms with E-state index in [2.05, 4.69) is 40.3 Å². The van der Waals surface area contributed by atoms with E-state index >= 15 is 0 Å². The molecule has 1 aromatic rings. The van der Waals surface area contributed by atoms with Gasteiger partial charge in [0.1, 0.15) is 0 Å². The smallest absolute Gasteiger partial charge is 0.223 e. The predicted molar refractivity (Wildman–Crippen MR) is 83.1 cm³/mol. The van der Waals surface area contributed by atoms with Gasteiger partial charge in [0.25, 0.3) is 0 Å². The highest BCUT2D eigenvalue weighted by molar-refractivity contribution is 9.10. The summed E-state index contributed by atoms with van der Waals surface area (Å²) in [7, 11) is 0. The Morgan fingerprint density at radius 2 is 2.05 bits per heavy atom. The molecule has 1 N–H and O–H groups in total. The molecular formula is C15H23BrN2O. The van der Waals surface area contributed by atoms with Crippen LogP contribution in [0.25, 0.3) is 0 Å². The number of hydrogen-bond acceptors (Lipinski definition) is 2. The van der Waals surface area contributed by atoms with Gasteiger partial charge in [-0.15, -0.1) is 0 Å². The van der Waals surface area contributed by atoms with Gasteiger partial charge in [-0.2, -0.15) is 0 Å². The van der Waals surface area contributed by atoms with Crippen LogP contribution in [0, 0.1) is 0 Å². The van der Waals surface area contributed by atoms with E-state index in [1.807, 2.05) is 30.9 Å². The number of amides is 1. The van der Waals surface area contributed by atoms with Crippen LogP contribution in [-0.4, -0.2) is 30.4 Å². The normalized spacial score (nSPS) is 12.2. The lowest BCUT2D eigenvalue weighted by atomic mass is 10.1. The van der Waals surface area contributed by atoms with E-state index in [9.17, 15) is 4.79 Å². The lowest BCUT2D eigenvalue weighted by molar-refractivity contribution is -0.130. The molecule has 0 saturated carbocycles. The quantitative estimate of drug-likeness (QED) is 0.833. The van der Waals surface area contributed by atoms with E-state index in [0.29, 0.717) is 13.0 Å². The molecule has 0 radical (unpaired) electrons. The first-order chi connectivity index (χ1) is 9.08. The van der Waals surface area contributed by atoms with Crippen molar-refractivity contribution in [1.82, 2.24) is 10.2 Å². The molecule has 0 saturated heterocycles. The maximum atomic E-state index is 11.9. The molecule has 1 rings (SSSR count). The molecule has 1 unspecified atom stereocenters. The number of carbonyl (C=O) groups excluding carboxylic acids is 1. The van der Waals surface area contributed by atoms with Gasteiger partial charge in [-0.1, -0.05) is 28.1 Å². The Morgan fingerprint density at radius 3 is 2.63 bits per heavy atom. The maximum Gasteiger partial charge on any atom is 0.223 e. The van der Waals surface area contributed by atoms with Crippen LogP contribution in [0.15, 0.2) is 28.7 Å². The summed E-state index contributed by atoms with van der Waals surface area (Å²) in [6, 6.07) is 8.49. The van der Waals surface area contributed by atoms with Gasteiger partial charge in [-0.3, -0.25) is 4.79 Å². The Morgan fingerprint density at radius 1 is 1.37 bits per heavy atom. The largest absolute Gasteiger partial charge is 0.343 e. The third-order valence-electron chi connectivity index (χ3n) is 3.25. The number of nitrogens with one attached hydrogen (secondary N) is 1. The van der Waals surface area contributed by atoms with Crippen molar-refractivity contribution in [1.29, 1.82) is 0 Å². The third-order valence-corrected chi connectivity index (χ3v) is 3.75. The van der Waals surface area contributed by atoms with Crippen LogP contribution in [0.5, 0.6) is 0 Å². The lowest BCUT2D eigenvalue weighted by Crippen LogP contribution is -2.33. The van der Waals surface area contributed by atoms with Crippen LogP contribution in [-0.2, 0) is 4.79 Å². The zero-order chi connectivity index (χ0) is 14.3. The summed E-state index contributed by atoms with van der Waals surface area (Å²) in [5.74, 6) is 0.221. The summed E-state index contributed by atoms with van der Waals surface area (Å²) in [5, 5.41) is 3.39. The van der Waals surface area contributed by atoms with Crippen LogP contribution >= 0.6 is 15.9 Å². The van der Waals surface area contributed by atoms with Gasteiger partial charge < -0.3 is 10.2 Å². The second-order valence-electron chi connectivity index (χ2n) is 4.55. The van der Waals surface area contributed by atoms with Crippen molar-refractivity contribution >= 4 is 21.8 Å². The van der Waals surface area contributed by atoms with Gasteiger partial charge in [0.15, 0.2) is 0 Å². The monoisotopic (exact) mass is 326 g/mol. The van der Waals surface area contributed by atoms with Crippen LogP contribution < -0.4 is 5.32 Å². The summed E-state index contributed by atoms with van der Waals surface area (Å²) in [6.45, 7) is 8.43. The summed E-state index contributed by atoms with van der Waals surface area (Å²) in [6.07, 6.45) is 0.556. The van der Waals surface area contributed by atoms with Gasteiger partial charge in [-0.25, -0.2) is 0 Å². The van der Waals surface area contributed by atoms with Crippen molar-refractivity contribution in [2.75, 3.05) is 19.6 Å². The molecule has 0 aliphatic carbocycles. The summed E-state index contributed by atoms with van der Waals surface area (Å²) in [5.41, 5.74) is 1.23. The zero-order valence-corrected chi connectivity index (χ0v) is 13.5. The number of halogens is 1. The number of benzene rings is 1. The average molecular weight is 327 g/mol. The van der Waals surface area contributed by atoms with Crippen molar-refractivity contribution in [3.8, 4) is 0 Å². The van der Waals surface area contributed by atoms with Crippen molar-refractivity contribution in [3.05, 3.63) is 34.3 Å². The molecule has 4 heteroatoms. The Balaban J connectivity index is 2.39. The van der Waals surface area contributed by atoms with Crippen molar-refractivity contribution in [2.24, 2.45) is 0 Å². The standard InChI is InChI=1S/C15H23BrN2O/c1-4-18(5-2)15(19)9-10-17-12(3)13-7-6-8-14(16)11-13/h6-8,11-12,17H,4-5,9-10H2,1-3H3. The molecule has 1 amide bonds. The second kappa shape index (κ2) is 8.33. The maximum absolute atomic E-state index is 11.9. The van der Waals surface area contributed by atoms with E-state index in [-0.39, 0.29) is 11.9 Å². The first-order valence-electron chi connectivity index (χ1n) is 6.85. The van der Waals surface area contributed by atoms with E-state index in [0.717, 1.165) is 17.6 Å². The fourth-order valence-electron chi connectivity index (χ4n) is 2.02. The molecule has 1 aromatic carbocycles.